The summed E-state index contributed by atoms with van der Waals surface area (Å²) in [5.41, 5.74) is 0.389. The van der Waals surface area contributed by atoms with Gasteiger partial charge in [0.25, 0.3) is 0 Å². The van der Waals surface area contributed by atoms with Gasteiger partial charge in [-0.2, -0.15) is 0 Å². The zero-order valence-electron chi connectivity index (χ0n) is 12.2. The van der Waals surface area contributed by atoms with Crippen molar-refractivity contribution in [3.05, 3.63) is 0 Å². The fraction of sp³-hybridized carbons (Fsp3) is 0.933. The predicted octanol–water partition coefficient (Wildman–Crippen LogP) is 4.21. The fourth-order valence-electron chi connectivity index (χ4n) is 3.02. The van der Waals surface area contributed by atoms with Crippen LogP contribution in [0.1, 0.15) is 65.7 Å². The molecule has 0 bridgehead atoms. The predicted molar refractivity (Wildman–Crippen MR) is 82.4 cm³/mol. The van der Waals surface area contributed by atoms with Gasteiger partial charge in [0.2, 0.25) is 0 Å². The van der Waals surface area contributed by atoms with E-state index in [2.05, 4.69) is 26.1 Å². The Labute approximate surface area is 116 Å². The summed E-state index contributed by atoms with van der Waals surface area (Å²) < 4.78 is 0. The zero-order chi connectivity index (χ0) is 13.0. The second-order valence-electron chi connectivity index (χ2n) is 6.16. The van der Waals surface area contributed by atoms with E-state index in [1.54, 1.807) is 0 Å². The van der Waals surface area contributed by atoms with Crippen molar-refractivity contribution in [2.75, 3.05) is 5.75 Å². The highest BCUT2D eigenvalue weighted by Crippen LogP contribution is 2.38. The number of rotatable bonds is 4. The molecule has 18 heavy (non-hydrogen) atoms. The van der Waals surface area contributed by atoms with Crippen molar-refractivity contribution in [3.63, 3.8) is 0 Å². The Morgan fingerprint density at radius 3 is 2.72 bits per heavy atom. The van der Waals surface area contributed by atoms with E-state index in [1.165, 1.54) is 55.9 Å². The van der Waals surface area contributed by atoms with Crippen molar-refractivity contribution in [2.24, 2.45) is 10.9 Å². The van der Waals surface area contributed by atoms with Gasteiger partial charge in [0, 0.05) is 11.3 Å². The fourth-order valence-corrected chi connectivity index (χ4v) is 4.30. The first-order valence-electron chi connectivity index (χ1n) is 7.66. The number of thioether (sulfide) groups is 1. The third-order valence-electron chi connectivity index (χ3n) is 4.48. The van der Waals surface area contributed by atoms with Gasteiger partial charge in [-0.05, 0) is 44.4 Å². The average Bonchev–Trinajstić information content (AvgIpc) is 2.76. The molecule has 0 aromatic carbocycles. The zero-order valence-corrected chi connectivity index (χ0v) is 13.0. The first-order valence-corrected chi connectivity index (χ1v) is 8.65. The van der Waals surface area contributed by atoms with E-state index in [0.29, 0.717) is 11.6 Å². The summed E-state index contributed by atoms with van der Waals surface area (Å²) in [7, 11) is 0. The number of hydrogen-bond donors (Lipinski definition) is 1. The van der Waals surface area contributed by atoms with Gasteiger partial charge in [0.1, 0.15) is 0 Å². The summed E-state index contributed by atoms with van der Waals surface area (Å²) >= 11 is 1.96. The topological polar surface area (TPSA) is 24.4 Å². The lowest BCUT2D eigenvalue weighted by atomic mass is 9.78. The van der Waals surface area contributed by atoms with Gasteiger partial charge in [-0.1, -0.05) is 39.0 Å². The van der Waals surface area contributed by atoms with Crippen LogP contribution in [0.3, 0.4) is 0 Å². The molecule has 2 nitrogen and oxygen atoms in total. The summed E-state index contributed by atoms with van der Waals surface area (Å²) in [5.74, 6) is 2.16. The van der Waals surface area contributed by atoms with Gasteiger partial charge in [-0.3, -0.25) is 4.99 Å². The van der Waals surface area contributed by atoms with Gasteiger partial charge in [0.15, 0.2) is 5.17 Å². The molecule has 2 aliphatic rings. The maximum Gasteiger partial charge on any atom is 0.157 e. The molecule has 104 valence electrons. The van der Waals surface area contributed by atoms with Gasteiger partial charge in [-0.15, -0.1) is 0 Å². The molecule has 1 unspecified atom stereocenters. The van der Waals surface area contributed by atoms with Crippen molar-refractivity contribution >= 4 is 16.9 Å². The Morgan fingerprint density at radius 1 is 1.39 bits per heavy atom. The second kappa shape index (κ2) is 6.31. The largest absolute Gasteiger partial charge is 0.359 e. The number of nitrogens with one attached hydrogen (secondary N) is 1. The van der Waals surface area contributed by atoms with Gasteiger partial charge < -0.3 is 5.32 Å². The molecule has 1 atom stereocenters. The lowest BCUT2D eigenvalue weighted by Crippen LogP contribution is -2.46. The Kier molecular flexibility index (Phi) is 4.99. The van der Waals surface area contributed by atoms with Gasteiger partial charge in [0.05, 0.1) is 6.04 Å². The summed E-state index contributed by atoms with van der Waals surface area (Å²) in [4.78, 5) is 4.92. The second-order valence-corrected chi connectivity index (χ2v) is 7.13. The van der Waals surface area contributed by atoms with Crippen LogP contribution in [-0.4, -0.2) is 22.5 Å². The van der Waals surface area contributed by atoms with Crippen LogP contribution in [0, 0.1) is 5.92 Å². The molecule has 0 aromatic heterocycles. The molecule has 0 radical (unpaired) electrons. The number of hydrogen-bond acceptors (Lipinski definition) is 2. The van der Waals surface area contributed by atoms with Crippen LogP contribution in [0.2, 0.25) is 0 Å². The smallest absolute Gasteiger partial charge is 0.157 e. The summed E-state index contributed by atoms with van der Waals surface area (Å²) in [6.45, 7) is 6.89. The molecule has 1 heterocycles. The van der Waals surface area contributed by atoms with Crippen molar-refractivity contribution in [3.8, 4) is 0 Å². The first-order chi connectivity index (χ1) is 8.67. The lowest BCUT2D eigenvalue weighted by molar-refractivity contribution is 0.250. The highest BCUT2D eigenvalue weighted by Gasteiger charge is 2.39. The van der Waals surface area contributed by atoms with E-state index < -0.39 is 0 Å². The number of amidine groups is 1. The van der Waals surface area contributed by atoms with E-state index >= 15 is 0 Å². The molecule has 1 aliphatic carbocycles. The molecule has 0 amide bonds. The third-order valence-corrected chi connectivity index (χ3v) is 5.66. The van der Waals surface area contributed by atoms with E-state index in [1.807, 2.05) is 11.8 Å². The molecule has 1 N–H and O–H groups in total. The quantitative estimate of drug-likeness (QED) is 0.826. The standard InChI is InChI=1S/C15H28N2S/c1-4-6-13(5-2)16-14-17-15(11-18-14)9-7-12(3)8-10-15/h12-13H,4-11H2,1-3H3,(H,16,17). The van der Waals surface area contributed by atoms with Crippen LogP contribution in [0.15, 0.2) is 4.99 Å². The highest BCUT2D eigenvalue weighted by molar-refractivity contribution is 8.14. The lowest BCUT2D eigenvalue weighted by Gasteiger charge is -2.35. The van der Waals surface area contributed by atoms with Crippen LogP contribution < -0.4 is 5.32 Å². The van der Waals surface area contributed by atoms with Crippen molar-refractivity contribution in [2.45, 2.75) is 77.3 Å². The Morgan fingerprint density at radius 2 is 2.11 bits per heavy atom. The normalized spacial score (nSPS) is 35.9. The van der Waals surface area contributed by atoms with Crippen molar-refractivity contribution in [1.29, 1.82) is 0 Å². The number of aliphatic imine (C=N–C) groups is 1. The van der Waals surface area contributed by atoms with Crippen LogP contribution in [-0.2, 0) is 0 Å². The van der Waals surface area contributed by atoms with Crippen molar-refractivity contribution < 1.29 is 0 Å². The molecule has 3 heteroatoms. The minimum Gasteiger partial charge on any atom is -0.359 e. The summed E-state index contributed by atoms with van der Waals surface area (Å²) in [6, 6.07) is 0.530. The van der Waals surface area contributed by atoms with Crippen LogP contribution in [0.5, 0.6) is 0 Å². The summed E-state index contributed by atoms with van der Waals surface area (Å²) in [5, 5.41) is 4.99. The van der Waals surface area contributed by atoms with Crippen LogP contribution in [0.25, 0.3) is 0 Å². The van der Waals surface area contributed by atoms with E-state index in [4.69, 9.17) is 4.99 Å². The SMILES string of the molecule is CCCC(CC)N=C1NC2(CCC(C)CC2)CS1. The molecule has 1 aliphatic heterocycles. The molecule has 1 saturated heterocycles. The molecule has 2 fully saturated rings. The number of nitrogens with zero attached hydrogens (tertiary/aromatic N) is 1. The van der Waals surface area contributed by atoms with E-state index in [0.717, 1.165) is 5.92 Å². The van der Waals surface area contributed by atoms with E-state index in [-0.39, 0.29) is 0 Å². The molecular weight excluding hydrogens is 240 g/mol. The van der Waals surface area contributed by atoms with Gasteiger partial charge >= 0.3 is 0 Å². The monoisotopic (exact) mass is 268 g/mol. The van der Waals surface area contributed by atoms with E-state index in [9.17, 15) is 0 Å². The average molecular weight is 268 g/mol. The van der Waals surface area contributed by atoms with Crippen molar-refractivity contribution in [1.82, 2.24) is 5.32 Å². The van der Waals surface area contributed by atoms with Gasteiger partial charge in [-0.25, -0.2) is 0 Å². The molecule has 1 saturated carbocycles. The molecule has 1 spiro atoms. The third kappa shape index (κ3) is 3.43. The minimum absolute atomic E-state index is 0.389. The maximum atomic E-state index is 4.92. The minimum atomic E-state index is 0.389. The summed E-state index contributed by atoms with van der Waals surface area (Å²) in [6.07, 6.45) is 9.08. The molecular formula is C15H28N2S. The molecule has 2 rings (SSSR count). The Balaban J connectivity index is 1.92. The highest BCUT2D eigenvalue weighted by atomic mass is 32.2. The van der Waals surface area contributed by atoms with Crippen LogP contribution >= 0.6 is 11.8 Å². The maximum absolute atomic E-state index is 4.92. The Bertz CT molecular complexity index is 293. The first kappa shape index (κ1) is 14.2. The molecule has 0 aromatic rings. The Hall–Kier alpha value is -0.180. The van der Waals surface area contributed by atoms with Crippen LogP contribution in [0.4, 0.5) is 0 Å².